The Labute approximate surface area is 393 Å². The molecule has 6 heterocycles. The topological polar surface area (TPSA) is 192 Å². The quantitative estimate of drug-likeness (QED) is 0.135. The molecule has 0 bridgehead atoms. The molecule has 0 spiro atoms. The van der Waals surface area contributed by atoms with Gasteiger partial charge in [-0.2, -0.15) is 15.5 Å². The molecular weight excluding hydrogens is 1010 g/mol. The zero-order valence-electron chi connectivity index (χ0n) is 35.3. The molecule has 0 saturated carbocycles. The number of benzene rings is 4. The van der Waals surface area contributed by atoms with Crippen LogP contribution in [0.3, 0.4) is 0 Å². The maximum absolute atomic E-state index is 13.5. The van der Waals surface area contributed by atoms with Crippen molar-refractivity contribution in [1.29, 1.82) is 5.26 Å². The Balaban J connectivity index is 0.000000168. The number of nitrogens with two attached hydrogens (primary N) is 1. The highest BCUT2D eigenvalue weighted by molar-refractivity contribution is 9.10. The first-order valence-electron chi connectivity index (χ1n) is 19.9. The Morgan fingerprint density at radius 2 is 1.07 bits per heavy atom. The number of hydrogen-bond acceptors (Lipinski definition) is 12. The number of nitriles is 1. The van der Waals surface area contributed by atoms with Crippen LogP contribution in [0.1, 0.15) is 23.2 Å². The Hall–Kier alpha value is -7.44. The lowest BCUT2D eigenvalue weighted by Gasteiger charge is -2.10. The van der Waals surface area contributed by atoms with Gasteiger partial charge in [-0.15, -0.1) is 17.6 Å². The number of aromatic nitrogens is 6. The van der Waals surface area contributed by atoms with Gasteiger partial charge in [0.2, 0.25) is 5.91 Å². The maximum Gasteiger partial charge on any atom is 0.586 e. The van der Waals surface area contributed by atoms with Crippen molar-refractivity contribution in [2.75, 3.05) is 0 Å². The van der Waals surface area contributed by atoms with Crippen LogP contribution >= 0.6 is 31.9 Å². The van der Waals surface area contributed by atoms with Gasteiger partial charge >= 0.3 is 12.6 Å². The number of oxazole rings is 2. The highest BCUT2D eigenvalue weighted by Gasteiger charge is 2.44. The molecule has 2 aliphatic heterocycles. The summed E-state index contributed by atoms with van der Waals surface area (Å²) in [5, 5.41) is 17.8. The molecule has 15 nitrogen and oxygen atoms in total. The first-order chi connectivity index (χ1) is 31.8. The van der Waals surface area contributed by atoms with E-state index in [1.165, 1.54) is 24.3 Å². The normalized spacial score (nSPS) is 13.9. The molecule has 0 radical (unpaired) electrons. The highest BCUT2D eigenvalue weighted by Crippen LogP contribution is 2.48. The number of alkyl halides is 4. The molecule has 67 heavy (non-hydrogen) atoms. The van der Waals surface area contributed by atoms with Crippen LogP contribution in [0.4, 0.5) is 17.6 Å². The molecule has 4 aromatic carbocycles. The lowest BCUT2D eigenvalue weighted by atomic mass is 9.98. The van der Waals surface area contributed by atoms with Gasteiger partial charge in [0.25, 0.3) is 0 Å². The Morgan fingerprint density at radius 1 is 0.642 bits per heavy atom. The van der Waals surface area contributed by atoms with Crippen molar-refractivity contribution >= 4 is 37.8 Å². The summed E-state index contributed by atoms with van der Waals surface area (Å²) in [6, 6.07) is 26.0. The number of fused-ring (bicyclic) bond motifs is 2. The summed E-state index contributed by atoms with van der Waals surface area (Å²) in [7, 11) is 3.56. The van der Waals surface area contributed by atoms with Gasteiger partial charge in [-0.05, 0) is 72.8 Å². The minimum Gasteiger partial charge on any atom is -0.440 e. The Kier molecular flexibility index (Phi) is 11.4. The second-order valence-corrected chi connectivity index (χ2v) is 17.0. The Bertz CT molecular complexity index is 3320. The van der Waals surface area contributed by atoms with Crippen LogP contribution in [0.25, 0.3) is 67.7 Å². The van der Waals surface area contributed by atoms with E-state index in [2.05, 4.69) is 77.0 Å². The summed E-state index contributed by atoms with van der Waals surface area (Å²) in [5.74, 6) is 0.918. The minimum atomic E-state index is -3.72. The van der Waals surface area contributed by atoms with Gasteiger partial charge in [-0.3, -0.25) is 14.2 Å². The lowest BCUT2D eigenvalue weighted by molar-refractivity contribution is -0.287. The standard InChI is InChI=1S/C23H17BrF2N4O4.C23H15BrF2N4O3/c1-11-28-21(12-3-6-18-19(7-12)34-23(25,26)33-18)22(32-11)16-8-13(24)4-5-15(16)17-9-14(10-20(27)31)29-30(17)2;1-12-28-21(13-3-6-19-20(9-13)33-23(25,26)32-19)22(31-12)17-10-14(24)4-5-16(17)18-11-15(7-8-27)29-30(18)2/h3-9H,10H2,1-2H3,(H2,27,31);3-6,9-11H,7H2,1-2H3. The molecule has 340 valence electrons. The van der Waals surface area contributed by atoms with Crippen LogP contribution in [0.5, 0.6) is 23.0 Å². The minimum absolute atomic E-state index is 0.00813. The van der Waals surface area contributed by atoms with E-state index < -0.39 is 18.5 Å². The zero-order valence-corrected chi connectivity index (χ0v) is 38.5. The van der Waals surface area contributed by atoms with Crippen molar-refractivity contribution in [1.82, 2.24) is 29.5 Å². The number of amides is 1. The molecule has 8 aromatic rings. The number of halogens is 6. The largest absolute Gasteiger partial charge is 0.586 e. The molecule has 4 aromatic heterocycles. The third kappa shape index (κ3) is 9.09. The predicted molar refractivity (Wildman–Crippen MR) is 239 cm³/mol. The number of primary amides is 1. The van der Waals surface area contributed by atoms with Gasteiger partial charge in [-0.25, -0.2) is 9.97 Å². The molecule has 2 N–H and O–H groups in total. The first kappa shape index (κ1) is 44.7. The average molecular weight is 1040 g/mol. The fraction of sp³-hybridized carbons (Fsp3) is 0.174. The number of hydrogen-bond donors (Lipinski definition) is 1. The SMILES string of the molecule is Cc1nc(-c2ccc3c(c2)OC(F)(F)O3)c(-c2cc(Br)ccc2-c2cc(CC#N)nn2C)o1.Cc1nc(-c2ccc3c(c2)OC(F)(F)O3)c(-c2cc(Br)ccc2-c2cc(CC(N)=O)nn2C)o1. The highest BCUT2D eigenvalue weighted by atomic mass is 79.9. The van der Waals surface area contributed by atoms with Crippen LogP contribution < -0.4 is 24.7 Å². The Morgan fingerprint density at radius 3 is 1.52 bits per heavy atom. The van der Waals surface area contributed by atoms with Crippen LogP contribution in [-0.2, 0) is 31.7 Å². The van der Waals surface area contributed by atoms with Gasteiger partial charge in [-0.1, -0.05) is 44.0 Å². The van der Waals surface area contributed by atoms with Crippen LogP contribution in [0.2, 0.25) is 0 Å². The summed E-state index contributed by atoms with van der Waals surface area (Å²) >= 11 is 7.01. The van der Waals surface area contributed by atoms with Crippen molar-refractivity contribution in [2.45, 2.75) is 39.3 Å². The van der Waals surface area contributed by atoms with E-state index in [0.29, 0.717) is 62.8 Å². The number of carbonyl (C=O) groups excluding carboxylic acids is 1. The predicted octanol–water partition coefficient (Wildman–Crippen LogP) is 10.7. The van der Waals surface area contributed by atoms with E-state index in [1.807, 2.05) is 42.5 Å². The summed E-state index contributed by atoms with van der Waals surface area (Å²) in [5.41, 5.74) is 12.9. The zero-order chi connectivity index (χ0) is 47.5. The van der Waals surface area contributed by atoms with E-state index in [0.717, 1.165) is 37.0 Å². The lowest BCUT2D eigenvalue weighted by Crippen LogP contribution is -2.25. The number of carbonyl (C=O) groups is 1. The molecule has 0 unspecified atom stereocenters. The van der Waals surface area contributed by atoms with E-state index in [-0.39, 0.29) is 35.8 Å². The van der Waals surface area contributed by atoms with Crippen molar-refractivity contribution < 1.29 is 50.1 Å². The van der Waals surface area contributed by atoms with Crippen LogP contribution in [0, 0.1) is 25.2 Å². The van der Waals surface area contributed by atoms with E-state index in [4.69, 9.17) is 19.8 Å². The number of nitrogens with zero attached hydrogens (tertiary/aromatic N) is 7. The fourth-order valence-electron chi connectivity index (χ4n) is 7.65. The molecule has 0 aliphatic carbocycles. The van der Waals surface area contributed by atoms with Gasteiger partial charge in [0.05, 0.1) is 41.7 Å². The van der Waals surface area contributed by atoms with Crippen LogP contribution in [0.15, 0.2) is 103 Å². The van der Waals surface area contributed by atoms with Gasteiger partial charge in [0.15, 0.2) is 46.3 Å². The van der Waals surface area contributed by atoms with Crippen molar-refractivity contribution in [3.63, 3.8) is 0 Å². The average Bonchev–Trinajstić information content (AvgIpc) is 4.11. The van der Waals surface area contributed by atoms with E-state index in [9.17, 15) is 22.4 Å². The first-order valence-corrected chi connectivity index (χ1v) is 21.5. The van der Waals surface area contributed by atoms with Crippen molar-refractivity contribution in [2.24, 2.45) is 19.8 Å². The third-order valence-electron chi connectivity index (χ3n) is 10.3. The number of ether oxygens (including phenoxy) is 4. The molecule has 10 rings (SSSR count). The van der Waals surface area contributed by atoms with Crippen LogP contribution in [-0.4, -0.2) is 48.0 Å². The second kappa shape index (κ2) is 17.1. The molecular formula is C46H32Br2F4N8O7. The molecule has 21 heteroatoms. The number of aryl methyl sites for hydroxylation is 4. The molecule has 0 fully saturated rings. The van der Waals surface area contributed by atoms with Gasteiger partial charge < -0.3 is 33.5 Å². The summed E-state index contributed by atoms with van der Waals surface area (Å²) in [6.45, 7) is 3.40. The fourth-order valence-corrected chi connectivity index (χ4v) is 8.37. The maximum atomic E-state index is 13.5. The smallest absolute Gasteiger partial charge is 0.440 e. The van der Waals surface area contributed by atoms with Crippen molar-refractivity contribution in [3.8, 4) is 96.7 Å². The summed E-state index contributed by atoms with van der Waals surface area (Å²) in [6.07, 6.45) is -7.23. The van der Waals surface area contributed by atoms with Gasteiger partial charge in [0, 0.05) is 70.3 Å². The second-order valence-electron chi connectivity index (χ2n) is 15.1. The summed E-state index contributed by atoms with van der Waals surface area (Å²) in [4.78, 5) is 20.4. The monoisotopic (exact) mass is 1040 g/mol. The van der Waals surface area contributed by atoms with Gasteiger partial charge in [0.1, 0.15) is 11.4 Å². The van der Waals surface area contributed by atoms with E-state index in [1.54, 1.807) is 55.5 Å². The van der Waals surface area contributed by atoms with E-state index >= 15 is 0 Å². The molecule has 2 aliphatic rings. The van der Waals surface area contributed by atoms with Crippen molar-refractivity contribution in [3.05, 3.63) is 117 Å². The molecule has 1 amide bonds. The number of rotatable bonds is 9. The molecule has 0 saturated heterocycles. The molecule has 0 atom stereocenters. The third-order valence-corrected chi connectivity index (χ3v) is 11.3. The summed E-state index contributed by atoms with van der Waals surface area (Å²) < 4.78 is 89.1.